The average molecular weight is 232 g/mol. The molecule has 94 valence electrons. The molecular formula is C11H20O5. The molecule has 16 heavy (non-hydrogen) atoms. The zero-order valence-electron chi connectivity index (χ0n) is 10.3. The summed E-state index contributed by atoms with van der Waals surface area (Å²) in [5, 5.41) is 9.24. The number of hydrogen-bond acceptors (Lipinski definition) is 5. The minimum atomic E-state index is -1.16. The fraction of sp³-hybridized carbons (Fsp3) is 0.818. The van der Waals surface area contributed by atoms with E-state index < -0.39 is 17.7 Å². The Bertz CT molecular complexity index is 241. The molecule has 0 fully saturated rings. The number of carbonyl (C=O) groups is 2. The molecule has 0 aliphatic heterocycles. The fourth-order valence-corrected chi connectivity index (χ4v) is 1.09. The molecule has 5 nitrogen and oxygen atoms in total. The highest BCUT2D eigenvalue weighted by molar-refractivity contribution is 5.74. The van der Waals surface area contributed by atoms with Crippen LogP contribution in [-0.4, -0.2) is 35.9 Å². The zero-order valence-corrected chi connectivity index (χ0v) is 10.3. The molecule has 1 N–H and O–H groups in total. The Balaban J connectivity index is 3.74. The largest absolute Gasteiger partial charge is 0.467 e. The summed E-state index contributed by atoms with van der Waals surface area (Å²) < 4.78 is 9.41. The van der Waals surface area contributed by atoms with Gasteiger partial charge in [0.25, 0.3) is 0 Å². The first-order valence-corrected chi connectivity index (χ1v) is 5.24. The van der Waals surface area contributed by atoms with Crippen LogP contribution in [0.25, 0.3) is 0 Å². The maximum atomic E-state index is 11.3. The van der Waals surface area contributed by atoms with Gasteiger partial charge in [-0.1, -0.05) is 0 Å². The van der Waals surface area contributed by atoms with Crippen LogP contribution in [0.5, 0.6) is 0 Å². The molecule has 0 amide bonds. The standard InChI is InChI=1S/C11H20O5/c1-11(2,3)16-9(13)7-5-6-8(12)10(14)15-4/h8,12H,5-7H2,1-4H3. The van der Waals surface area contributed by atoms with E-state index in [1.165, 1.54) is 7.11 Å². The number of methoxy groups -OCH3 is 1. The van der Waals surface area contributed by atoms with Crippen LogP contribution in [-0.2, 0) is 19.1 Å². The van der Waals surface area contributed by atoms with Gasteiger partial charge in [-0.25, -0.2) is 4.79 Å². The molecule has 0 aliphatic carbocycles. The summed E-state index contributed by atoms with van der Waals surface area (Å²) in [6, 6.07) is 0. The maximum absolute atomic E-state index is 11.3. The lowest BCUT2D eigenvalue weighted by Crippen LogP contribution is -2.25. The van der Waals surface area contributed by atoms with Crippen LogP contribution in [0, 0.1) is 0 Å². The molecule has 0 aliphatic rings. The van der Waals surface area contributed by atoms with Crippen LogP contribution in [0.1, 0.15) is 40.0 Å². The predicted octanol–water partition coefficient (Wildman–Crippen LogP) is 1.03. The Morgan fingerprint density at radius 3 is 2.31 bits per heavy atom. The van der Waals surface area contributed by atoms with Crippen LogP contribution in [0.4, 0.5) is 0 Å². The smallest absolute Gasteiger partial charge is 0.334 e. The molecule has 0 saturated heterocycles. The predicted molar refractivity (Wildman–Crippen MR) is 57.7 cm³/mol. The van der Waals surface area contributed by atoms with Gasteiger partial charge in [-0.05, 0) is 33.6 Å². The van der Waals surface area contributed by atoms with E-state index in [4.69, 9.17) is 4.74 Å². The first-order chi connectivity index (χ1) is 7.26. The topological polar surface area (TPSA) is 72.8 Å². The number of hydrogen-bond donors (Lipinski definition) is 1. The third kappa shape index (κ3) is 7.23. The molecule has 0 spiro atoms. The molecule has 1 unspecified atom stereocenters. The maximum Gasteiger partial charge on any atom is 0.334 e. The van der Waals surface area contributed by atoms with Crippen molar-refractivity contribution in [3.05, 3.63) is 0 Å². The van der Waals surface area contributed by atoms with Gasteiger partial charge in [-0.3, -0.25) is 4.79 Å². The van der Waals surface area contributed by atoms with Crippen molar-refractivity contribution in [2.24, 2.45) is 0 Å². The molecule has 0 aromatic heterocycles. The molecular weight excluding hydrogens is 212 g/mol. The van der Waals surface area contributed by atoms with Gasteiger partial charge in [0.1, 0.15) is 5.60 Å². The van der Waals surface area contributed by atoms with E-state index in [9.17, 15) is 14.7 Å². The first kappa shape index (κ1) is 14.9. The number of carbonyl (C=O) groups excluding carboxylic acids is 2. The van der Waals surface area contributed by atoms with Gasteiger partial charge in [0.2, 0.25) is 0 Å². The Morgan fingerprint density at radius 2 is 1.88 bits per heavy atom. The average Bonchev–Trinajstić information content (AvgIpc) is 2.13. The highest BCUT2D eigenvalue weighted by Gasteiger charge is 2.18. The minimum Gasteiger partial charge on any atom is -0.467 e. The van der Waals surface area contributed by atoms with Gasteiger partial charge in [-0.2, -0.15) is 0 Å². The van der Waals surface area contributed by atoms with Crippen molar-refractivity contribution in [3.63, 3.8) is 0 Å². The van der Waals surface area contributed by atoms with Gasteiger partial charge in [-0.15, -0.1) is 0 Å². The molecule has 0 aromatic rings. The van der Waals surface area contributed by atoms with E-state index in [2.05, 4.69) is 4.74 Å². The summed E-state index contributed by atoms with van der Waals surface area (Å²) in [5.41, 5.74) is -0.502. The van der Waals surface area contributed by atoms with Crippen molar-refractivity contribution in [3.8, 4) is 0 Å². The SMILES string of the molecule is COC(=O)C(O)CCCC(=O)OC(C)(C)C. The Hall–Kier alpha value is -1.10. The number of ether oxygens (including phenoxy) is 2. The van der Waals surface area contributed by atoms with Crippen LogP contribution in [0.2, 0.25) is 0 Å². The zero-order chi connectivity index (χ0) is 12.8. The second-order valence-electron chi connectivity index (χ2n) is 4.52. The molecule has 5 heteroatoms. The lowest BCUT2D eigenvalue weighted by Gasteiger charge is -2.19. The van der Waals surface area contributed by atoms with E-state index in [1.54, 1.807) is 20.8 Å². The van der Waals surface area contributed by atoms with Gasteiger partial charge in [0, 0.05) is 6.42 Å². The second kappa shape index (κ2) is 6.48. The Kier molecular flexibility index (Phi) is 6.03. The van der Waals surface area contributed by atoms with Gasteiger partial charge >= 0.3 is 11.9 Å². The van der Waals surface area contributed by atoms with Crippen molar-refractivity contribution in [2.75, 3.05) is 7.11 Å². The van der Waals surface area contributed by atoms with E-state index in [0.717, 1.165) is 0 Å². The Labute approximate surface area is 95.7 Å². The number of aliphatic hydroxyl groups is 1. The minimum absolute atomic E-state index is 0.186. The molecule has 0 heterocycles. The lowest BCUT2D eigenvalue weighted by atomic mass is 10.1. The lowest BCUT2D eigenvalue weighted by molar-refractivity contribution is -0.156. The van der Waals surface area contributed by atoms with Crippen LogP contribution >= 0.6 is 0 Å². The van der Waals surface area contributed by atoms with Crippen molar-refractivity contribution in [1.29, 1.82) is 0 Å². The summed E-state index contributed by atoms with van der Waals surface area (Å²) in [5.74, 6) is -1.01. The third-order valence-corrected chi connectivity index (χ3v) is 1.75. The summed E-state index contributed by atoms with van der Waals surface area (Å²) in [6.07, 6.45) is -0.380. The number of esters is 2. The molecule has 0 aromatic carbocycles. The Morgan fingerprint density at radius 1 is 1.31 bits per heavy atom. The summed E-state index contributed by atoms with van der Waals surface area (Å²) in [4.78, 5) is 22.1. The normalized spacial score (nSPS) is 13.1. The van der Waals surface area contributed by atoms with Crippen molar-refractivity contribution in [1.82, 2.24) is 0 Å². The molecule has 0 bridgehead atoms. The summed E-state index contributed by atoms with van der Waals surface area (Å²) >= 11 is 0. The molecule has 0 rings (SSSR count). The number of aliphatic hydroxyl groups excluding tert-OH is 1. The highest BCUT2D eigenvalue weighted by atomic mass is 16.6. The van der Waals surface area contributed by atoms with Gasteiger partial charge in [0.05, 0.1) is 7.11 Å². The molecule has 0 radical (unpaired) electrons. The third-order valence-electron chi connectivity index (χ3n) is 1.75. The quantitative estimate of drug-likeness (QED) is 0.717. The second-order valence-corrected chi connectivity index (χ2v) is 4.52. The van der Waals surface area contributed by atoms with E-state index in [-0.39, 0.29) is 18.8 Å². The van der Waals surface area contributed by atoms with E-state index >= 15 is 0 Å². The van der Waals surface area contributed by atoms with Gasteiger partial charge in [0.15, 0.2) is 6.10 Å². The van der Waals surface area contributed by atoms with E-state index in [0.29, 0.717) is 6.42 Å². The van der Waals surface area contributed by atoms with Crippen LogP contribution in [0.3, 0.4) is 0 Å². The van der Waals surface area contributed by atoms with Crippen LogP contribution in [0.15, 0.2) is 0 Å². The molecule has 0 saturated carbocycles. The summed E-state index contributed by atoms with van der Waals surface area (Å²) in [7, 11) is 1.21. The highest BCUT2D eigenvalue weighted by Crippen LogP contribution is 2.10. The summed E-state index contributed by atoms with van der Waals surface area (Å²) in [6.45, 7) is 5.36. The van der Waals surface area contributed by atoms with Crippen LogP contribution < -0.4 is 0 Å². The van der Waals surface area contributed by atoms with Gasteiger partial charge < -0.3 is 14.6 Å². The number of rotatable bonds is 5. The monoisotopic (exact) mass is 232 g/mol. The fourth-order valence-electron chi connectivity index (χ4n) is 1.09. The molecule has 1 atom stereocenters. The van der Waals surface area contributed by atoms with Crippen molar-refractivity contribution >= 4 is 11.9 Å². The first-order valence-electron chi connectivity index (χ1n) is 5.24. The van der Waals surface area contributed by atoms with Crippen molar-refractivity contribution in [2.45, 2.75) is 51.7 Å². The van der Waals surface area contributed by atoms with E-state index in [1.807, 2.05) is 0 Å². The van der Waals surface area contributed by atoms with Crippen molar-refractivity contribution < 1.29 is 24.2 Å².